The van der Waals surface area contributed by atoms with Gasteiger partial charge >= 0.3 is 0 Å². The first kappa shape index (κ1) is 42.1. The third-order valence-corrected chi connectivity index (χ3v) is 11.1. The molecule has 2 saturated carbocycles. The van der Waals surface area contributed by atoms with E-state index in [1.807, 2.05) is 27.7 Å². The number of likely N-dealkylation sites (tertiary alicyclic amines) is 1. The summed E-state index contributed by atoms with van der Waals surface area (Å²) in [5, 5.41) is 10.7. The molecule has 1 aromatic rings. The van der Waals surface area contributed by atoms with Crippen LogP contribution >= 0.6 is 0 Å². The Bertz CT molecular complexity index is 1230. The molecule has 4 aliphatic rings. The van der Waals surface area contributed by atoms with Crippen LogP contribution in [0.15, 0.2) is 85.6 Å². The van der Waals surface area contributed by atoms with E-state index in [0.717, 1.165) is 66.5 Å². The van der Waals surface area contributed by atoms with Crippen molar-refractivity contribution in [2.24, 2.45) is 40.7 Å². The standard InChI is InChI=1S/C21H33N3.C19H30N2.2C2H6/c1-12(2)24-11-18-14(4)20(18)21(24)16(6)23-19(13(3)15(5)22)10-17-8-7-9-17;1-6-18(19(3,4)5)21-14(2)20-13-15-11-16-9-7-8-10-17(16)12-15;2*1-2/h14,17-21,23H,1,3,5-11,22H2,2,4H3;7-10,15,18,20-21H,2,6,11-13H2,1,3-5H3;2*1-2H3/t14?,18-,19?,20+,21?;;;/m1.../s1. The van der Waals surface area contributed by atoms with Gasteiger partial charge in [0, 0.05) is 36.2 Å². The van der Waals surface area contributed by atoms with Gasteiger partial charge in [-0.15, -0.1) is 0 Å². The molecule has 0 radical (unpaired) electrons. The average Bonchev–Trinajstić information content (AvgIpc) is 3.38. The number of piperidine rings is 1. The van der Waals surface area contributed by atoms with Crippen LogP contribution in [0.25, 0.3) is 0 Å². The summed E-state index contributed by atoms with van der Waals surface area (Å²) in [7, 11) is 0. The first-order chi connectivity index (χ1) is 23.2. The predicted molar refractivity (Wildman–Crippen MR) is 216 cm³/mol. The molecule has 49 heavy (non-hydrogen) atoms. The van der Waals surface area contributed by atoms with Crippen LogP contribution in [-0.2, 0) is 12.8 Å². The van der Waals surface area contributed by atoms with Gasteiger partial charge in [0.25, 0.3) is 0 Å². The minimum atomic E-state index is 0.153. The van der Waals surface area contributed by atoms with E-state index in [0.29, 0.717) is 29.6 Å². The molecule has 1 heterocycles. The molecule has 0 bridgehead atoms. The van der Waals surface area contributed by atoms with Crippen LogP contribution in [0.4, 0.5) is 0 Å². The van der Waals surface area contributed by atoms with Crippen molar-refractivity contribution < 1.29 is 0 Å². The SMILES string of the molecule is C=C(N)C(=C)C(CC1CCC1)NC(=C)C1[C@H]2C(C)[C@H]2CN1C(=C)C.C=C(NCC1Cc2ccccc2C1)NC(CC)C(C)(C)C.CC.CC. The molecule has 5 nitrogen and oxygen atoms in total. The Morgan fingerprint density at radius 2 is 1.51 bits per heavy atom. The van der Waals surface area contributed by atoms with Crippen molar-refractivity contribution in [2.45, 2.75) is 132 Å². The summed E-state index contributed by atoms with van der Waals surface area (Å²) in [6.45, 7) is 44.4. The molecule has 1 aliphatic heterocycles. The molecule has 5 rings (SSSR count). The molecule has 0 amide bonds. The second-order valence-corrected chi connectivity index (χ2v) is 15.6. The van der Waals surface area contributed by atoms with Crippen molar-refractivity contribution in [3.8, 4) is 0 Å². The highest BCUT2D eigenvalue weighted by atomic mass is 15.2. The summed E-state index contributed by atoms with van der Waals surface area (Å²) in [6, 6.07) is 9.77. The molecule has 5 heteroatoms. The number of allylic oxidation sites excluding steroid dienone is 1. The van der Waals surface area contributed by atoms with Crippen LogP contribution in [0.3, 0.4) is 0 Å². The lowest BCUT2D eigenvalue weighted by Gasteiger charge is -2.36. The Kier molecular flexibility index (Phi) is 16.6. The molecule has 276 valence electrons. The second kappa shape index (κ2) is 19.3. The Morgan fingerprint density at radius 1 is 0.939 bits per heavy atom. The fourth-order valence-electron chi connectivity index (χ4n) is 7.89. The molecule has 3 aliphatic carbocycles. The third-order valence-electron chi connectivity index (χ3n) is 11.1. The van der Waals surface area contributed by atoms with E-state index in [1.54, 1.807) is 0 Å². The Hall–Kier alpha value is -3.08. The zero-order chi connectivity index (χ0) is 37.1. The number of fused-ring (bicyclic) bond motifs is 2. The summed E-state index contributed by atoms with van der Waals surface area (Å²) >= 11 is 0. The first-order valence-electron chi connectivity index (χ1n) is 19.5. The molecular formula is C44H75N5. The van der Waals surface area contributed by atoms with E-state index in [9.17, 15) is 0 Å². The predicted octanol–water partition coefficient (Wildman–Crippen LogP) is 9.71. The van der Waals surface area contributed by atoms with Crippen LogP contribution in [0.2, 0.25) is 0 Å². The number of nitrogens with zero attached hydrogens (tertiary/aromatic N) is 1. The minimum Gasteiger partial charge on any atom is -0.399 e. The molecular weight excluding hydrogens is 599 g/mol. The van der Waals surface area contributed by atoms with Crippen LogP contribution in [0.1, 0.15) is 112 Å². The number of hydrogen-bond acceptors (Lipinski definition) is 5. The third kappa shape index (κ3) is 11.5. The lowest BCUT2D eigenvalue weighted by Crippen LogP contribution is -2.43. The molecule has 4 unspecified atom stereocenters. The maximum Gasteiger partial charge on any atom is 0.0914 e. The quantitative estimate of drug-likeness (QED) is 0.148. The van der Waals surface area contributed by atoms with Crippen molar-refractivity contribution in [1.82, 2.24) is 20.9 Å². The Labute approximate surface area is 303 Å². The minimum absolute atomic E-state index is 0.153. The van der Waals surface area contributed by atoms with Gasteiger partial charge in [0.15, 0.2) is 0 Å². The van der Waals surface area contributed by atoms with Crippen molar-refractivity contribution in [3.63, 3.8) is 0 Å². The summed E-state index contributed by atoms with van der Waals surface area (Å²) in [5.41, 5.74) is 13.0. The van der Waals surface area contributed by atoms with Gasteiger partial charge in [0.2, 0.25) is 0 Å². The number of benzene rings is 1. The summed E-state index contributed by atoms with van der Waals surface area (Å²) in [5.74, 6) is 4.73. The van der Waals surface area contributed by atoms with Crippen LogP contribution in [0, 0.1) is 35.0 Å². The number of nitrogens with one attached hydrogen (secondary N) is 3. The van der Waals surface area contributed by atoms with Crippen LogP contribution in [-0.4, -0.2) is 36.1 Å². The van der Waals surface area contributed by atoms with E-state index in [1.165, 1.54) is 43.2 Å². The van der Waals surface area contributed by atoms with Gasteiger partial charge < -0.3 is 26.6 Å². The van der Waals surface area contributed by atoms with E-state index in [-0.39, 0.29) is 11.5 Å². The smallest absolute Gasteiger partial charge is 0.0914 e. The van der Waals surface area contributed by atoms with Crippen molar-refractivity contribution in [3.05, 3.63) is 96.8 Å². The Balaban J connectivity index is 0.000000311. The van der Waals surface area contributed by atoms with E-state index >= 15 is 0 Å². The van der Waals surface area contributed by atoms with Crippen LogP contribution < -0.4 is 21.7 Å². The van der Waals surface area contributed by atoms with E-state index in [2.05, 4.69) is 120 Å². The van der Waals surface area contributed by atoms with E-state index < -0.39 is 0 Å². The molecule has 1 saturated heterocycles. The number of hydrogen-bond donors (Lipinski definition) is 4. The monoisotopic (exact) mass is 674 g/mol. The maximum atomic E-state index is 5.95. The first-order valence-corrected chi connectivity index (χ1v) is 19.5. The summed E-state index contributed by atoms with van der Waals surface area (Å²) in [6.07, 6.45) is 8.55. The zero-order valence-electron chi connectivity index (χ0n) is 33.4. The molecule has 6 atom stereocenters. The highest BCUT2D eigenvalue weighted by Gasteiger charge is 2.59. The second-order valence-electron chi connectivity index (χ2n) is 15.6. The molecule has 0 spiro atoms. The topological polar surface area (TPSA) is 65.3 Å². The van der Waals surface area contributed by atoms with Gasteiger partial charge in [0.1, 0.15) is 0 Å². The van der Waals surface area contributed by atoms with Crippen molar-refractivity contribution >= 4 is 0 Å². The van der Waals surface area contributed by atoms with Crippen molar-refractivity contribution in [2.75, 3.05) is 13.1 Å². The van der Waals surface area contributed by atoms with Crippen LogP contribution in [0.5, 0.6) is 0 Å². The maximum absolute atomic E-state index is 5.95. The zero-order valence-corrected chi connectivity index (χ0v) is 33.4. The summed E-state index contributed by atoms with van der Waals surface area (Å²) in [4.78, 5) is 2.42. The highest BCUT2D eigenvalue weighted by Crippen LogP contribution is 2.57. The fourth-order valence-corrected chi connectivity index (χ4v) is 7.89. The van der Waals surface area contributed by atoms with Gasteiger partial charge in [-0.3, -0.25) is 0 Å². The lowest BCUT2D eigenvalue weighted by molar-refractivity contribution is 0.258. The van der Waals surface area contributed by atoms with Gasteiger partial charge in [-0.2, -0.15) is 0 Å². The molecule has 0 aromatic heterocycles. The lowest BCUT2D eigenvalue weighted by atomic mass is 9.79. The molecule has 1 aromatic carbocycles. The highest BCUT2D eigenvalue weighted by molar-refractivity contribution is 5.33. The van der Waals surface area contributed by atoms with Gasteiger partial charge in [0.05, 0.1) is 17.9 Å². The van der Waals surface area contributed by atoms with Gasteiger partial charge in [-0.05, 0) is 84.3 Å². The molecule has 3 fully saturated rings. The van der Waals surface area contributed by atoms with Crippen molar-refractivity contribution in [1.29, 1.82) is 0 Å². The molecule has 5 N–H and O–H groups in total. The average molecular weight is 674 g/mol. The number of nitrogens with two attached hydrogens (primary N) is 1. The number of rotatable bonds is 14. The van der Waals surface area contributed by atoms with E-state index in [4.69, 9.17) is 5.73 Å². The van der Waals surface area contributed by atoms with Gasteiger partial charge in [-0.1, -0.05) is 139 Å². The van der Waals surface area contributed by atoms with Gasteiger partial charge in [-0.25, -0.2) is 0 Å². The normalized spacial score (nSPS) is 23.2. The largest absolute Gasteiger partial charge is 0.399 e. The Morgan fingerprint density at radius 3 is 1.96 bits per heavy atom. The summed E-state index contributed by atoms with van der Waals surface area (Å²) < 4.78 is 0. The fraction of sp³-hybridized carbons (Fsp3) is 0.636.